The third kappa shape index (κ3) is 5.29. The Morgan fingerprint density at radius 2 is 1.57 bits per heavy atom. The minimum atomic E-state index is -2.06. The number of ketones is 1. The van der Waals surface area contributed by atoms with E-state index in [-0.39, 0.29) is 0 Å². The second kappa shape index (κ2) is 12.5. The number of pyridine rings is 1. The second-order valence-electron chi connectivity index (χ2n) is 13.9. The van der Waals surface area contributed by atoms with Crippen molar-refractivity contribution in [2.75, 3.05) is 6.61 Å². The van der Waals surface area contributed by atoms with Gasteiger partial charge in [0.25, 0.3) is 0 Å². The molecule has 0 bridgehead atoms. The van der Waals surface area contributed by atoms with Gasteiger partial charge in [-0.25, -0.2) is 0 Å². The minimum Gasteiger partial charge on any atom is -0.494 e. The zero-order valence-electron chi connectivity index (χ0n) is 26.1. The van der Waals surface area contributed by atoms with E-state index < -0.39 is 8.07 Å². The maximum Gasteiger partial charge on any atom is 0.146 e. The van der Waals surface area contributed by atoms with E-state index in [1.165, 1.54) is 29.3 Å². The standard InChI is InChI=1S/C38H49NO2Si/c1-26(2)42(27(3)4,38-14-7-9-23-39-38)37-13-6-5-11-28(37)12-8-10-24-41-30-16-18-31-29(25-30)15-17-33-32(31)19-20-35-34(33)21-22-36(35)40/h5-7,9,11,13-14,16,18,23,25-27,32-35H,8,10,12,15,17,19-22,24H2,1-4H3/t32-,33-,34+,35+/m1/s1. The van der Waals surface area contributed by atoms with E-state index in [1.54, 1.807) is 10.8 Å². The van der Waals surface area contributed by atoms with Gasteiger partial charge in [-0.15, -0.1) is 0 Å². The lowest BCUT2D eigenvalue weighted by Crippen LogP contribution is -2.64. The topological polar surface area (TPSA) is 39.2 Å². The van der Waals surface area contributed by atoms with Gasteiger partial charge in [-0.05, 0) is 126 Å². The number of carbonyl (C=O) groups excluding carboxylic acids is 1. The second-order valence-corrected chi connectivity index (χ2v) is 19.0. The van der Waals surface area contributed by atoms with Crippen LogP contribution in [-0.2, 0) is 17.6 Å². The van der Waals surface area contributed by atoms with Crippen molar-refractivity contribution in [3.63, 3.8) is 0 Å². The summed E-state index contributed by atoms with van der Waals surface area (Å²) >= 11 is 0. The lowest BCUT2D eigenvalue weighted by atomic mass is 9.61. The SMILES string of the molecule is CC(C)[Si](c1ccccn1)(c1ccccc1CCCCOc1ccc2c(c1)CC[C@H]1[C@@H]3CCC(=O)[C@H]3CC[C@H]21)C(C)C. The lowest BCUT2D eigenvalue weighted by molar-refractivity contribution is -0.122. The van der Waals surface area contributed by atoms with Gasteiger partial charge in [0.1, 0.15) is 19.6 Å². The fraction of sp³-hybridized carbons (Fsp3) is 0.526. The predicted molar refractivity (Wildman–Crippen MR) is 176 cm³/mol. The predicted octanol–water partition coefficient (Wildman–Crippen LogP) is 7.90. The highest BCUT2D eigenvalue weighted by Gasteiger charge is 2.48. The van der Waals surface area contributed by atoms with Crippen molar-refractivity contribution in [1.82, 2.24) is 4.98 Å². The van der Waals surface area contributed by atoms with E-state index >= 15 is 0 Å². The van der Waals surface area contributed by atoms with Crippen molar-refractivity contribution in [3.05, 3.63) is 83.6 Å². The number of benzene rings is 2. The number of fused-ring (bicyclic) bond motifs is 5. The average Bonchev–Trinajstić information content (AvgIpc) is 3.38. The van der Waals surface area contributed by atoms with E-state index in [2.05, 4.69) is 82.3 Å². The van der Waals surface area contributed by atoms with Gasteiger partial charge in [0, 0.05) is 23.9 Å². The fourth-order valence-electron chi connectivity index (χ4n) is 9.44. The molecule has 0 spiro atoms. The molecule has 2 aromatic carbocycles. The van der Waals surface area contributed by atoms with Crippen molar-refractivity contribution in [2.24, 2.45) is 17.8 Å². The monoisotopic (exact) mass is 579 g/mol. The molecule has 222 valence electrons. The van der Waals surface area contributed by atoms with Crippen LogP contribution in [0, 0.1) is 17.8 Å². The first kappa shape index (κ1) is 29.4. The van der Waals surface area contributed by atoms with Gasteiger partial charge >= 0.3 is 0 Å². The number of hydrogen-bond acceptors (Lipinski definition) is 3. The summed E-state index contributed by atoms with van der Waals surface area (Å²) < 4.78 is 6.33. The number of Topliss-reactive ketones (excluding diaryl/α,β-unsaturated/α-hetero) is 1. The molecule has 1 heterocycles. The maximum atomic E-state index is 12.4. The maximum absolute atomic E-state index is 12.4. The fourth-order valence-corrected chi connectivity index (χ4v) is 15.3. The summed E-state index contributed by atoms with van der Waals surface area (Å²) in [5, 5.41) is 2.88. The Balaban J connectivity index is 1.09. The van der Waals surface area contributed by atoms with Gasteiger partial charge in [0.15, 0.2) is 0 Å². The quantitative estimate of drug-likeness (QED) is 0.181. The average molecular weight is 580 g/mol. The lowest BCUT2D eigenvalue weighted by Gasteiger charge is -2.43. The molecule has 3 aromatic rings. The van der Waals surface area contributed by atoms with Gasteiger partial charge in [-0.1, -0.05) is 64.1 Å². The number of unbranched alkanes of at least 4 members (excludes halogenated alkanes) is 1. The summed E-state index contributed by atoms with van der Waals surface area (Å²) in [6.45, 7) is 10.4. The normalized spacial score (nSPS) is 23.5. The summed E-state index contributed by atoms with van der Waals surface area (Å²) in [7, 11) is -2.06. The zero-order chi connectivity index (χ0) is 29.3. The van der Waals surface area contributed by atoms with E-state index in [4.69, 9.17) is 9.72 Å². The Bertz CT molecular complexity index is 1370. The Kier molecular flexibility index (Phi) is 8.72. The van der Waals surface area contributed by atoms with Gasteiger partial charge in [0.05, 0.1) is 6.61 Å². The first-order chi connectivity index (χ1) is 20.4. The van der Waals surface area contributed by atoms with Crippen molar-refractivity contribution >= 4 is 24.4 Å². The van der Waals surface area contributed by atoms with E-state index in [1.807, 2.05) is 12.3 Å². The number of aromatic nitrogens is 1. The molecule has 0 aliphatic heterocycles. The molecular weight excluding hydrogens is 531 g/mol. The molecule has 2 saturated carbocycles. The third-order valence-electron chi connectivity index (χ3n) is 11.3. The van der Waals surface area contributed by atoms with Crippen molar-refractivity contribution in [3.8, 4) is 5.75 Å². The van der Waals surface area contributed by atoms with E-state index in [9.17, 15) is 4.79 Å². The van der Waals surface area contributed by atoms with Crippen LogP contribution in [-0.4, -0.2) is 25.4 Å². The molecule has 0 unspecified atom stereocenters. The summed E-state index contributed by atoms with van der Waals surface area (Å²) in [5.41, 5.74) is 5.66. The first-order valence-corrected chi connectivity index (χ1v) is 18.8. The van der Waals surface area contributed by atoms with Gasteiger partial charge in [-0.3, -0.25) is 9.78 Å². The Morgan fingerprint density at radius 3 is 2.36 bits per heavy atom. The van der Waals surface area contributed by atoms with E-state index in [0.29, 0.717) is 40.5 Å². The molecule has 1 aromatic heterocycles. The van der Waals surface area contributed by atoms with Crippen molar-refractivity contribution in [2.45, 2.75) is 102 Å². The van der Waals surface area contributed by atoms with E-state index in [0.717, 1.165) is 57.3 Å². The number of ether oxygens (including phenoxy) is 1. The first-order valence-electron chi connectivity index (χ1n) is 16.7. The molecule has 0 amide bonds. The summed E-state index contributed by atoms with van der Waals surface area (Å²) in [5.74, 6) is 3.94. The summed E-state index contributed by atoms with van der Waals surface area (Å²) in [4.78, 5) is 17.3. The molecule has 3 nitrogen and oxygen atoms in total. The van der Waals surface area contributed by atoms with Crippen LogP contribution in [0.25, 0.3) is 0 Å². The van der Waals surface area contributed by atoms with Gasteiger partial charge < -0.3 is 4.74 Å². The minimum absolute atomic E-state index is 0.367. The molecule has 0 saturated heterocycles. The molecule has 2 fully saturated rings. The van der Waals surface area contributed by atoms with Crippen LogP contribution in [0.4, 0.5) is 0 Å². The zero-order valence-corrected chi connectivity index (χ0v) is 27.1. The molecule has 0 radical (unpaired) electrons. The molecule has 4 heteroatoms. The summed E-state index contributed by atoms with van der Waals surface area (Å²) in [6, 6.07) is 22.6. The van der Waals surface area contributed by atoms with Crippen LogP contribution >= 0.6 is 0 Å². The molecule has 0 N–H and O–H groups in total. The third-order valence-corrected chi connectivity index (χ3v) is 17.4. The Morgan fingerprint density at radius 1 is 0.833 bits per heavy atom. The van der Waals surface area contributed by atoms with Crippen LogP contribution in [0.5, 0.6) is 5.75 Å². The number of carbonyl (C=O) groups is 1. The molecule has 3 aliphatic carbocycles. The number of nitrogens with zero attached hydrogens (tertiary/aromatic N) is 1. The van der Waals surface area contributed by atoms with Crippen LogP contribution in [0.2, 0.25) is 11.1 Å². The highest BCUT2D eigenvalue weighted by atomic mass is 28.3. The highest BCUT2D eigenvalue weighted by molar-refractivity contribution is 7.03. The van der Waals surface area contributed by atoms with Gasteiger partial charge in [-0.2, -0.15) is 0 Å². The van der Waals surface area contributed by atoms with Crippen LogP contribution < -0.4 is 15.2 Å². The number of hydrogen-bond donors (Lipinski definition) is 0. The van der Waals surface area contributed by atoms with Crippen LogP contribution in [0.3, 0.4) is 0 Å². The van der Waals surface area contributed by atoms with Crippen molar-refractivity contribution in [1.29, 1.82) is 0 Å². The van der Waals surface area contributed by atoms with Crippen LogP contribution in [0.15, 0.2) is 66.9 Å². The molecule has 4 atom stereocenters. The van der Waals surface area contributed by atoms with Crippen LogP contribution in [0.1, 0.15) is 95.2 Å². The molecule has 6 rings (SSSR count). The van der Waals surface area contributed by atoms with Gasteiger partial charge in [0.2, 0.25) is 0 Å². The highest BCUT2D eigenvalue weighted by Crippen LogP contribution is 2.54. The molecule has 42 heavy (non-hydrogen) atoms. The molecule has 3 aliphatic rings. The Labute approximate surface area is 254 Å². The molecular formula is C38H49NO2Si. The smallest absolute Gasteiger partial charge is 0.146 e. The summed E-state index contributed by atoms with van der Waals surface area (Å²) in [6.07, 6.45) is 11.8. The Hall–Kier alpha value is -2.72. The largest absolute Gasteiger partial charge is 0.494 e. The number of aryl methyl sites for hydroxylation is 2. The number of rotatable bonds is 10. The van der Waals surface area contributed by atoms with Crippen molar-refractivity contribution < 1.29 is 9.53 Å².